The fourth-order valence-corrected chi connectivity index (χ4v) is 6.39. The zero-order valence-electron chi connectivity index (χ0n) is 22.6. The van der Waals surface area contributed by atoms with E-state index in [0.717, 1.165) is 12.1 Å². The Bertz CT molecular complexity index is 1300. The van der Waals surface area contributed by atoms with Crippen LogP contribution in [0.5, 0.6) is 0 Å². The van der Waals surface area contributed by atoms with Gasteiger partial charge in [-0.2, -0.15) is 13.2 Å². The van der Waals surface area contributed by atoms with Gasteiger partial charge in [0.15, 0.2) is 0 Å². The summed E-state index contributed by atoms with van der Waals surface area (Å²) in [4.78, 5) is 17.1. The highest BCUT2D eigenvalue weighted by molar-refractivity contribution is 5.67. The first-order valence-electron chi connectivity index (χ1n) is 13.2. The van der Waals surface area contributed by atoms with Gasteiger partial charge in [-0.15, -0.1) is 0 Å². The van der Waals surface area contributed by atoms with Crippen LogP contribution in [0.1, 0.15) is 117 Å². The zero-order valence-corrected chi connectivity index (χ0v) is 22.6. The first-order valence-corrected chi connectivity index (χ1v) is 13.2. The van der Waals surface area contributed by atoms with Crippen LogP contribution in [0.2, 0.25) is 0 Å². The number of rotatable bonds is 3. The summed E-state index contributed by atoms with van der Waals surface area (Å²) in [6.07, 6.45) is -6.35. The third kappa shape index (κ3) is 4.64. The van der Waals surface area contributed by atoms with Crippen LogP contribution in [0.4, 0.5) is 17.6 Å². The van der Waals surface area contributed by atoms with Gasteiger partial charge in [0, 0.05) is 60.8 Å². The molecule has 0 unspecified atom stereocenters. The standard InChI is InChI=1S/C29H33F4NO5/c1-14(2)23-21-22(20-19(36)13-27(4,5)26(24(20)34-23)38-15(3)35)28(8-10-37-11-9-28)39-25(21)17-7-6-16(12-18(17)30)29(31,32)33/h6-7,12,14,19,25-26,36H,8-11,13H2,1-5H3/t19-,25+,26-/m0/s1. The van der Waals surface area contributed by atoms with E-state index in [1.807, 2.05) is 27.7 Å². The number of aliphatic hydroxyl groups excluding tert-OH is 1. The van der Waals surface area contributed by atoms with Crippen LogP contribution in [0.15, 0.2) is 18.2 Å². The lowest BCUT2D eigenvalue weighted by Crippen LogP contribution is -2.39. The van der Waals surface area contributed by atoms with Crippen LogP contribution in [0.3, 0.4) is 0 Å². The fraction of sp³-hybridized carbons (Fsp3) is 0.586. The van der Waals surface area contributed by atoms with Crippen molar-refractivity contribution in [2.75, 3.05) is 13.2 Å². The number of alkyl halides is 3. The number of fused-ring (bicyclic) bond motifs is 4. The molecule has 10 heteroatoms. The van der Waals surface area contributed by atoms with Gasteiger partial charge in [-0.05, 0) is 30.0 Å². The lowest BCUT2D eigenvalue weighted by atomic mass is 9.68. The smallest absolute Gasteiger partial charge is 0.416 e. The molecule has 3 aliphatic rings. The summed E-state index contributed by atoms with van der Waals surface area (Å²) in [5.74, 6) is -1.70. The van der Waals surface area contributed by atoms with E-state index in [0.29, 0.717) is 60.2 Å². The van der Waals surface area contributed by atoms with Gasteiger partial charge in [0.1, 0.15) is 18.0 Å². The number of benzene rings is 1. The summed E-state index contributed by atoms with van der Waals surface area (Å²) in [6.45, 7) is 9.65. The lowest BCUT2D eigenvalue weighted by Gasteiger charge is -2.43. The molecule has 3 atom stereocenters. The summed E-state index contributed by atoms with van der Waals surface area (Å²) in [7, 11) is 0. The van der Waals surface area contributed by atoms with Gasteiger partial charge in [0.2, 0.25) is 0 Å². The number of carbonyl (C=O) groups is 1. The highest BCUT2D eigenvalue weighted by atomic mass is 19.4. The molecule has 0 amide bonds. The van der Waals surface area contributed by atoms with Gasteiger partial charge in [-0.3, -0.25) is 9.78 Å². The third-order valence-corrected chi connectivity index (χ3v) is 8.14. The summed E-state index contributed by atoms with van der Waals surface area (Å²) >= 11 is 0. The molecule has 0 bridgehead atoms. The number of carbonyl (C=O) groups excluding carboxylic acids is 1. The monoisotopic (exact) mass is 551 g/mol. The number of ether oxygens (including phenoxy) is 3. The number of aromatic nitrogens is 1. The van der Waals surface area contributed by atoms with Crippen molar-refractivity contribution in [3.05, 3.63) is 63.2 Å². The molecule has 2 aliphatic heterocycles. The third-order valence-electron chi connectivity index (χ3n) is 8.14. The topological polar surface area (TPSA) is 77.9 Å². The number of hydrogen-bond donors (Lipinski definition) is 1. The molecule has 2 aromatic rings. The second kappa shape index (κ2) is 9.52. The Morgan fingerprint density at radius 1 is 1.18 bits per heavy atom. The highest BCUT2D eigenvalue weighted by Gasteiger charge is 2.55. The van der Waals surface area contributed by atoms with Crippen molar-refractivity contribution < 1.29 is 41.7 Å². The van der Waals surface area contributed by atoms with Crippen LogP contribution in [0, 0.1) is 11.2 Å². The van der Waals surface area contributed by atoms with E-state index in [1.54, 1.807) is 0 Å². The van der Waals surface area contributed by atoms with Crippen molar-refractivity contribution >= 4 is 5.97 Å². The Labute approximate surface area is 224 Å². The van der Waals surface area contributed by atoms with E-state index < -0.39 is 52.9 Å². The maximum Gasteiger partial charge on any atom is 0.416 e. The molecule has 1 aliphatic carbocycles. The average molecular weight is 552 g/mol. The molecule has 1 spiro atoms. The van der Waals surface area contributed by atoms with Crippen LogP contribution in [-0.2, 0) is 30.8 Å². The van der Waals surface area contributed by atoms with Crippen molar-refractivity contribution in [1.29, 1.82) is 0 Å². The molecule has 39 heavy (non-hydrogen) atoms. The zero-order chi connectivity index (χ0) is 28.5. The summed E-state index contributed by atoms with van der Waals surface area (Å²) in [6, 6.07) is 2.46. The first kappa shape index (κ1) is 28.0. The fourth-order valence-electron chi connectivity index (χ4n) is 6.39. The van der Waals surface area contributed by atoms with Crippen molar-refractivity contribution in [1.82, 2.24) is 4.98 Å². The van der Waals surface area contributed by atoms with Gasteiger partial charge in [0.05, 0.1) is 23.0 Å². The number of aliphatic hydroxyl groups is 1. The molecule has 1 fully saturated rings. The summed E-state index contributed by atoms with van der Waals surface area (Å²) < 4.78 is 73.4. The number of hydrogen-bond acceptors (Lipinski definition) is 6. The average Bonchev–Trinajstić information content (AvgIpc) is 3.14. The minimum atomic E-state index is -4.69. The lowest BCUT2D eigenvalue weighted by molar-refractivity contribution is -0.157. The normalized spacial score (nSPS) is 25.5. The van der Waals surface area contributed by atoms with Crippen molar-refractivity contribution in [2.24, 2.45) is 5.41 Å². The Balaban J connectivity index is 1.81. The summed E-state index contributed by atoms with van der Waals surface area (Å²) in [5.41, 5.74) is 0.0149. The van der Waals surface area contributed by atoms with Gasteiger partial charge < -0.3 is 19.3 Å². The summed E-state index contributed by atoms with van der Waals surface area (Å²) in [5, 5.41) is 11.5. The van der Waals surface area contributed by atoms with Crippen molar-refractivity contribution in [3.63, 3.8) is 0 Å². The Hall–Kier alpha value is -2.56. The van der Waals surface area contributed by atoms with Crippen LogP contribution in [-0.4, -0.2) is 29.3 Å². The van der Waals surface area contributed by atoms with E-state index in [-0.39, 0.29) is 17.9 Å². The molecule has 1 aromatic heterocycles. The van der Waals surface area contributed by atoms with Gasteiger partial charge in [-0.25, -0.2) is 4.39 Å². The Morgan fingerprint density at radius 3 is 2.41 bits per heavy atom. The van der Waals surface area contributed by atoms with Gasteiger partial charge in [-0.1, -0.05) is 33.8 Å². The molecule has 212 valence electrons. The molecule has 3 heterocycles. The number of halogens is 4. The predicted molar refractivity (Wildman–Crippen MR) is 132 cm³/mol. The second-order valence-electron chi connectivity index (χ2n) is 11.8. The van der Waals surface area contributed by atoms with Crippen LogP contribution < -0.4 is 0 Å². The first-order chi connectivity index (χ1) is 18.2. The number of pyridine rings is 1. The number of esters is 1. The number of nitrogens with zero attached hydrogens (tertiary/aromatic N) is 1. The van der Waals surface area contributed by atoms with Crippen LogP contribution >= 0.6 is 0 Å². The highest BCUT2D eigenvalue weighted by Crippen LogP contribution is 2.60. The molecule has 0 saturated carbocycles. The van der Waals surface area contributed by atoms with Crippen molar-refractivity contribution in [3.8, 4) is 0 Å². The minimum absolute atomic E-state index is 0.0292. The maximum absolute atomic E-state index is 15.4. The van der Waals surface area contributed by atoms with Crippen molar-refractivity contribution in [2.45, 2.75) is 89.9 Å². The largest absolute Gasteiger partial charge is 0.455 e. The predicted octanol–water partition coefficient (Wildman–Crippen LogP) is 6.56. The molecule has 6 nitrogen and oxygen atoms in total. The van der Waals surface area contributed by atoms with E-state index in [2.05, 4.69) is 0 Å². The molecule has 1 aromatic carbocycles. The van der Waals surface area contributed by atoms with E-state index in [9.17, 15) is 23.1 Å². The second-order valence-corrected chi connectivity index (χ2v) is 11.8. The molecule has 1 saturated heterocycles. The van der Waals surface area contributed by atoms with E-state index in [1.165, 1.54) is 6.92 Å². The van der Waals surface area contributed by atoms with Crippen LogP contribution in [0.25, 0.3) is 0 Å². The minimum Gasteiger partial charge on any atom is -0.455 e. The molecular weight excluding hydrogens is 518 g/mol. The van der Waals surface area contributed by atoms with E-state index in [4.69, 9.17) is 19.2 Å². The molecule has 1 N–H and O–H groups in total. The van der Waals surface area contributed by atoms with Gasteiger partial charge in [0.25, 0.3) is 0 Å². The Morgan fingerprint density at radius 2 is 1.85 bits per heavy atom. The molecular formula is C29H33F4NO5. The SMILES string of the molecule is CC(=O)O[C@H]1c2nc(C(C)C)c3c(c2[C@@H](O)CC1(C)C)C1(CCOCC1)O[C@@H]3c1ccc(C(F)(F)F)cc1F. The molecule has 5 rings (SSSR count). The Kier molecular flexibility index (Phi) is 6.83. The van der Waals surface area contributed by atoms with E-state index >= 15 is 4.39 Å². The molecule has 0 radical (unpaired) electrons. The maximum atomic E-state index is 15.4. The van der Waals surface area contributed by atoms with Gasteiger partial charge >= 0.3 is 12.1 Å². The quantitative estimate of drug-likeness (QED) is 0.344.